The van der Waals surface area contributed by atoms with Gasteiger partial charge in [0.25, 0.3) is 0 Å². The van der Waals surface area contributed by atoms with Crippen molar-refractivity contribution < 1.29 is 9.53 Å². The number of aromatic amines is 1. The van der Waals surface area contributed by atoms with Crippen LogP contribution in [0.4, 0.5) is 0 Å². The van der Waals surface area contributed by atoms with E-state index < -0.39 is 0 Å². The van der Waals surface area contributed by atoms with Crippen LogP contribution in [0.3, 0.4) is 0 Å². The van der Waals surface area contributed by atoms with Gasteiger partial charge in [-0.1, -0.05) is 11.8 Å². The Kier molecular flexibility index (Phi) is 5.25. The molecule has 0 radical (unpaired) electrons. The second kappa shape index (κ2) is 7.16. The third-order valence-corrected chi connectivity index (χ3v) is 3.65. The summed E-state index contributed by atoms with van der Waals surface area (Å²) in [5.74, 6) is 6.52. The molecule has 0 aliphatic heterocycles. The number of hydrogen-bond donors (Lipinski definition) is 3. The highest BCUT2D eigenvalue weighted by molar-refractivity contribution is 7.99. The maximum absolute atomic E-state index is 11.0. The van der Waals surface area contributed by atoms with Gasteiger partial charge in [-0.25, -0.2) is 10.8 Å². The number of carbonyl (C=O) groups is 1. The highest BCUT2D eigenvalue weighted by Gasteiger charge is 2.05. The molecule has 0 saturated heterocycles. The Bertz CT molecular complexity index is 585. The maximum atomic E-state index is 11.0. The zero-order valence-corrected chi connectivity index (χ0v) is 12.1. The molecule has 0 atom stereocenters. The summed E-state index contributed by atoms with van der Waals surface area (Å²) < 4.78 is 5.45. The van der Waals surface area contributed by atoms with Crippen molar-refractivity contribution in [2.45, 2.75) is 24.9 Å². The number of aromatic nitrogens is 2. The molecule has 1 heterocycles. The lowest BCUT2D eigenvalue weighted by Gasteiger charge is -2.00. The number of hydrogen-bond acceptors (Lipinski definition) is 5. The van der Waals surface area contributed by atoms with E-state index in [4.69, 9.17) is 10.6 Å². The number of thioether (sulfide) groups is 1. The Morgan fingerprint density at radius 1 is 1.55 bits per heavy atom. The van der Waals surface area contributed by atoms with Gasteiger partial charge in [-0.05, 0) is 25.5 Å². The lowest BCUT2D eigenvalue weighted by atomic mass is 10.3. The normalized spacial score (nSPS) is 10.7. The fourth-order valence-corrected chi connectivity index (χ4v) is 2.59. The molecule has 0 unspecified atom stereocenters. The summed E-state index contributed by atoms with van der Waals surface area (Å²) in [6, 6.07) is 5.78. The van der Waals surface area contributed by atoms with Crippen molar-refractivity contribution in [2.24, 2.45) is 5.84 Å². The van der Waals surface area contributed by atoms with Crippen LogP contribution in [0, 0.1) is 0 Å². The Balaban J connectivity index is 1.92. The van der Waals surface area contributed by atoms with Crippen LogP contribution >= 0.6 is 11.8 Å². The van der Waals surface area contributed by atoms with Crippen LogP contribution in [-0.4, -0.2) is 28.2 Å². The predicted molar refractivity (Wildman–Crippen MR) is 79.6 cm³/mol. The quantitative estimate of drug-likeness (QED) is 0.238. The van der Waals surface area contributed by atoms with Gasteiger partial charge >= 0.3 is 0 Å². The zero-order valence-electron chi connectivity index (χ0n) is 11.3. The van der Waals surface area contributed by atoms with Gasteiger partial charge in [0, 0.05) is 18.2 Å². The number of ether oxygens (including phenoxy) is 1. The molecule has 1 aromatic heterocycles. The van der Waals surface area contributed by atoms with Crippen LogP contribution in [0.5, 0.6) is 5.75 Å². The highest BCUT2D eigenvalue weighted by atomic mass is 32.2. The molecule has 6 nitrogen and oxygen atoms in total. The molecule has 4 N–H and O–H groups in total. The minimum absolute atomic E-state index is 0.142. The number of benzene rings is 1. The van der Waals surface area contributed by atoms with Crippen molar-refractivity contribution in [3.05, 3.63) is 18.2 Å². The van der Waals surface area contributed by atoms with E-state index in [1.54, 1.807) is 11.8 Å². The number of rotatable bonds is 7. The number of fused-ring (bicyclic) bond motifs is 1. The Morgan fingerprint density at radius 3 is 3.15 bits per heavy atom. The molecule has 0 bridgehead atoms. The smallest absolute Gasteiger partial charge is 0.233 e. The number of hydrazine groups is 1. The molecule has 2 rings (SSSR count). The molecule has 2 aromatic rings. The SMILES string of the molecule is CCOc1ccc2nc(SCCCC(=O)NN)[nH]c2c1. The molecule has 1 aromatic carbocycles. The Morgan fingerprint density at radius 2 is 2.40 bits per heavy atom. The van der Waals surface area contributed by atoms with Gasteiger partial charge in [0.1, 0.15) is 5.75 Å². The van der Waals surface area contributed by atoms with E-state index >= 15 is 0 Å². The second-order valence-electron chi connectivity index (χ2n) is 4.17. The molecular formula is C13H18N4O2S. The molecule has 0 fully saturated rings. The fraction of sp³-hybridized carbons (Fsp3) is 0.385. The number of nitrogens with zero attached hydrogens (tertiary/aromatic N) is 1. The number of H-pyrrole nitrogens is 1. The first-order chi connectivity index (χ1) is 9.72. The first-order valence-corrected chi connectivity index (χ1v) is 7.46. The minimum atomic E-state index is -0.142. The monoisotopic (exact) mass is 294 g/mol. The van der Waals surface area contributed by atoms with Gasteiger partial charge < -0.3 is 9.72 Å². The summed E-state index contributed by atoms with van der Waals surface area (Å²) in [7, 11) is 0. The van der Waals surface area contributed by atoms with E-state index in [0.29, 0.717) is 13.0 Å². The lowest BCUT2D eigenvalue weighted by molar-refractivity contribution is -0.121. The molecule has 20 heavy (non-hydrogen) atoms. The average Bonchev–Trinajstić information content (AvgIpc) is 2.85. The number of carbonyl (C=O) groups excluding carboxylic acids is 1. The summed E-state index contributed by atoms with van der Waals surface area (Å²) in [5.41, 5.74) is 3.99. The van der Waals surface area contributed by atoms with Crippen LogP contribution in [0.2, 0.25) is 0 Å². The zero-order chi connectivity index (χ0) is 14.4. The number of nitrogens with two attached hydrogens (primary N) is 1. The minimum Gasteiger partial charge on any atom is -0.494 e. The van der Waals surface area contributed by atoms with Crippen LogP contribution in [0.1, 0.15) is 19.8 Å². The van der Waals surface area contributed by atoms with Crippen LogP contribution < -0.4 is 16.0 Å². The molecule has 1 amide bonds. The molecule has 0 saturated carbocycles. The van der Waals surface area contributed by atoms with Crippen LogP contribution in [0.15, 0.2) is 23.4 Å². The van der Waals surface area contributed by atoms with E-state index in [0.717, 1.165) is 34.1 Å². The Hall–Kier alpha value is -1.73. The van der Waals surface area contributed by atoms with E-state index in [9.17, 15) is 4.79 Å². The van der Waals surface area contributed by atoms with Gasteiger partial charge in [-0.2, -0.15) is 0 Å². The average molecular weight is 294 g/mol. The summed E-state index contributed by atoms with van der Waals surface area (Å²) in [6.07, 6.45) is 1.19. The molecular weight excluding hydrogens is 276 g/mol. The second-order valence-corrected chi connectivity index (χ2v) is 5.26. The number of nitrogens with one attached hydrogen (secondary N) is 2. The van der Waals surface area contributed by atoms with Crippen LogP contribution in [-0.2, 0) is 4.79 Å². The standard InChI is InChI=1S/C13H18N4O2S/c1-2-19-9-5-6-10-11(8-9)16-13(15-10)20-7-3-4-12(18)17-14/h5-6,8H,2-4,7,14H2,1H3,(H,15,16)(H,17,18). The van der Waals surface area contributed by atoms with E-state index in [-0.39, 0.29) is 5.91 Å². The third kappa shape index (κ3) is 3.88. The molecule has 108 valence electrons. The van der Waals surface area contributed by atoms with E-state index in [1.807, 2.05) is 25.1 Å². The maximum Gasteiger partial charge on any atom is 0.233 e. The van der Waals surface area contributed by atoms with Gasteiger partial charge in [-0.3, -0.25) is 10.2 Å². The van der Waals surface area contributed by atoms with Crippen molar-refractivity contribution in [1.82, 2.24) is 15.4 Å². The van der Waals surface area contributed by atoms with Gasteiger partial charge in [0.2, 0.25) is 5.91 Å². The molecule has 7 heteroatoms. The van der Waals surface area contributed by atoms with Gasteiger partial charge in [0.15, 0.2) is 5.16 Å². The summed E-state index contributed by atoms with van der Waals surface area (Å²) >= 11 is 1.59. The van der Waals surface area contributed by atoms with Crippen molar-refractivity contribution >= 4 is 28.7 Å². The molecule has 0 aliphatic carbocycles. The summed E-state index contributed by atoms with van der Waals surface area (Å²) in [5, 5.41) is 0.849. The van der Waals surface area contributed by atoms with Crippen molar-refractivity contribution in [3.8, 4) is 5.75 Å². The first-order valence-electron chi connectivity index (χ1n) is 6.47. The predicted octanol–water partition coefficient (Wildman–Crippen LogP) is 1.82. The van der Waals surface area contributed by atoms with Crippen molar-refractivity contribution in [3.63, 3.8) is 0 Å². The first kappa shape index (κ1) is 14.7. The highest BCUT2D eigenvalue weighted by Crippen LogP contribution is 2.23. The van der Waals surface area contributed by atoms with Gasteiger partial charge in [-0.15, -0.1) is 0 Å². The largest absolute Gasteiger partial charge is 0.494 e. The number of amides is 1. The Labute approximate surface area is 121 Å². The fourth-order valence-electron chi connectivity index (χ4n) is 1.76. The third-order valence-electron chi connectivity index (χ3n) is 2.69. The topological polar surface area (TPSA) is 93.0 Å². The van der Waals surface area contributed by atoms with Gasteiger partial charge in [0.05, 0.1) is 17.6 Å². The number of imidazole rings is 1. The van der Waals surface area contributed by atoms with E-state index in [2.05, 4.69) is 15.4 Å². The van der Waals surface area contributed by atoms with Crippen LogP contribution in [0.25, 0.3) is 11.0 Å². The molecule has 0 spiro atoms. The van der Waals surface area contributed by atoms with Crippen molar-refractivity contribution in [1.29, 1.82) is 0 Å². The van der Waals surface area contributed by atoms with Crippen molar-refractivity contribution in [2.75, 3.05) is 12.4 Å². The summed E-state index contributed by atoms with van der Waals surface area (Å²) in [6.45, 7) is 2.60. The molecule has 0 aliphatic rings. The van der Waals surface area contributed by atoms with E-state index in [1.165, 1.54) is 0 Å². The summed E-state index contributed by atoms with van der Waals surface area (Å²) in [4.78, 5) is 18.7. The lowest BCUT2D eigenvalue weighted by Crippen LogP contribution is -2.29.